The second-order valence-electron chi connectivity index (χ2n) is 4.81. The predicted molar refractivity (Wildman–Crippen MR) is 77.7 cm³/mol. The summed E-state index contributed by atoms with van der Waals surface area (Å²) in [5.41, 5.74) is 0.428. The summed E-state index contributed by atoms with van der Waals surface area (Å²) in [4.78, 5) is 41.6. The summed E-state index contributed by atoms with van der Waals surface area (Å²) in [6, 6.07) is 6.13. The van der Waals surface area contributed by atoms with Crippen molar-refractivity contribution in [3.8, 4) is 5.75 Å². The van der Waals surface area contributed by atoms with E-state index in [4.69, 9.17) is 9.79 Å². The lowest BCUT2D eigenvalue weighted by molar-refractivity contribution is -0.120. The molecule has 0 saturated carbocycles. The van der Waals surface area contributed by atoms with E-state index in [1.54, 1.807) is 12.1 Å². The first kappa shape index (κ1) is 16.2. The van der Waals surface area contributed by atoms with E-state index in [-0.39, 0.29) is 23.7 Å². The lowest BCUT2D eigenvalue weighted by Crippen LogP contribution is -2.27. The van der Waals surface area contributed by atoms with E-state index in [2.05, 4.69) is 0 Å². The fraction of sp³-hybridized carbons (Fsp3) is 0.143. The van der Waals surface area contributed by atoms with Crippen LogP contribution in [0.25, 0.3) is 0 Å². The summed E-state index contributed by atoms with van der Waals surface area (Å²) in [5, 5.41) is 11.3. The van der Waals surface area contributed by atoms with Gasteiger partial charge in [-0.3, -0.25) is 14.7 Å². The average molecular weight is 323 g/mol. The molecule has 0 spiro atoms. The number of Topliss-reactive ketones (excluding diaryl/α,β-unsaturated/α-hetero) is 1. The van der Waals surface area contributed by atoms with E-state index in [1.807, 2.05) is 5.09 Å². The molecule has 22 heavy (non-hydrogen) atoms. The Morgan fingerprint density at radius 3 is 2.68 bits per heavy atom. The number of nitrogens with one attached hydrogen (secondary N) is 1. The number of ketones is 2. The zero-order valence-electron chi connectivity index (χ0n) is 11.3. The number of carbonyl (C=O) groups is 2. The Morgan fingerprint density at radius 1 is 1.32 bits per heavy atom. The third-order valence-electron chi connectivity index (χ3n) is 3.00. The molecule has 1 aliphatic rings. The van der Waals surface area contributed by atoms with Crippen LogP contribution in [-0.2, 0) is 20.6 Å². The molecular weight excluding hydrogens is 309 g/mol. The van der Waals surface area contributed by atoms with Crippen molar-refractivity contribution in [1.29, 1.82) is 0 Å². The second-order valence-corrected chi connectivity index (χ2v) is 6.12. The molecule has 4 N–H and O–H groups in total. The van der Waals surface area contributed by atoms with Gasteiger partial charge in [0, 0.05) is 18.2 Å². The molecule has 0 aromatic heterocycles. The molecule has 0 radical (unpaired) electrons. The first-order valence-electron chi connectivity index (χ1n) is 6.33. The number of aromatic hydroxyl groups is 1. The van der Waals surface area contributed by atoms with Gasteiger partial charge in [-0.05, 0) is 23.8 Å². The normalized spacial score (nSPS) is 18.0. The largest absolute Gasteiger partial charge is 0.508 e. The molecule has 0 heterocycles. The second kappa shape index (κ2) is 6.27. The molecule has 1 unspecified atom stereocenters. The topological polar surface area (TPSA) is 124 Å². The van der Waals surface area contributed by atoms with Crippen LogP contribution in [0.4, 0.5) is 0 Å². The van der Waals surface area contributed by atoms with Crippen molar-refractivity contribution in [1.82, 2.24) is 5.09 Å². The van der Waals surface area contributed by atoms with E-state index in [1.165, 1.54) is 24.3 Å². The smallest absolute Gasteiger partial charge is 0.427 e. The molecule has 8 heteroatoms. The molecule has 0 fully saturated rings. The molecule has 2 rings (SSSR count). The Balaban J connectivity index is 2.19. The average Bonchev–Trinajstić information content (AvgIpc) is 2.36. The first-order valence-corrected chi connectivity index (χ1v) is 7.94. The van der Waals surface area contributed by atoms with Crippen LogP contribution < -0.4 is 5.09 Å². The standard InChI is InChI=1S/C14H14NO6P/c16-10-3-1-2-9(6-10)7-14(18)12-5-4-11(17)8-13(12)15-22(19,20)21/h1-6,8,12,16H,7H2,(H3,15,19,20,21). The zero-order valence-corrected chi connectivity index (χ0v) is 12.2. The highest BCUT2D eigenvalue weighted by Gasteiger charge is 2.28. The Morgan fingerprint density at radius 2 is 2.05 bits per heavy atom. The molecule has 1 atom stereocenters. The lowest BCUT2D eigenvalue weighted by Gasteiger charge is -2.20. The molecule has 0 aliphatic heterocycles. The first-order chi connectivity index (χ1) is 10.2. The maximum Gasteiger partial charge on any atom is 0.427 e. The Labute approximate surface area is 126 Å². The number of phenols is 1. The molecular formula is C14H14NO6P. The van der Waals surface area contributed by atoms with E-state index in [9.17, 15) is 19.3 Å². The highest BCUT2D eigenvalue weighted by atomic mass is 31.2. The van der Waals surface area contributed by atoms with Gasteiger partial charge >= 0.3 is 7.75 Å². The molecule has 1 aromatic carbocycles. The van der Waals surface area contributed by atoms with Crippen LogP contribution in [0.5, 0.6) is 5.75 Å². The van der Waals surface area contributed by atoms with Crippen molar-refractivity contribution in [2.75, 3.05) is 0 Å². The van der Waals surface area contributed by atoms with Crippen molar-refractivity contribution in [3.63, 3.8) is 0 Å². The number of hydrogen-bond acceptors (Lipinski definition) is 4. The molecule has 1 aromatic rings. The highest BCUT2D eigenvalue weighted by Crippen LogP contribution is 2.33. The van der Waals surface area contributed by atoms with E-state index < -0.39 is 19.4 Å². The summed E-state index contributed by atoms with van der Waals surface area (Å²) < 4.78 is 11.0. The predicted octanol–water partition coefficient (Wildman–Crippen LogP) is 0.825. The van der Waals surface area contributed by atoms with Gasteiger partial charge in [-0.2, -0.15) is 0 Å². The minimum atomic E-state index is -4.62. The Bertz CT molecular complexity index is 718. The Hall–Kier alpha value is -2.21. The van der Waals surface area contributed by atoms with Gasteiger partial charge in [0.1, 0.15) is 11.5 Å². The van der Waals surface area contributed by atoms with Gasteiger partial charge in [0.2, 0.25) is 0 Å². The molecule has 1 aliphatic carbocycles. The summed E-state index contributed by atoms with van der Waals surface area (Å²) in [6.07, 6.45) is 3.42. The van der Waals surface area contributed by atoms with Crippen molar-refractivity contribution < 1.29 is 29.0 Å². The van der Waals surface area contributed by atoms with Gasteiger partial charge in [0.05, 0.1) is 5.92 Å². The van der Waals surface area contributed by atoms with Crippen LogP contribution in [0.1, 0.15) is 5.56 Å². The zero-order chi connectivity index (χ0) is 16.3. The molecule has 116 valence electrons. The quantitative estimate of drug-likeness (QED) is 0.591. The summed E-state index contributed by atoms with van der Waals surface area (Å²) in [6.45, 7) is 0. The maximum atomic E-state index is 12.3. The van der Waals surface area contributed by atoms with Crippen LogP contribution >= 0.6 is 7.75 Å². The lowest BCUT2D eigenvalue weighted by atomic mass is 9.91. The van der Waals surface area contributed by atoms with Gasteiger partial charge in [0.25, 0.3) is 0 Å². The number of hydrogen-bond donors (Lipinski definition) is 4. The molecule has 0 amide bonds. The third kappa shape index (κ3) is 4.39. The maximum absolute atomic E-state index is 12.3. The molecule has 7 nitrogen and oxygen atoms in total. The number of benzene rings is 1. The monoisotopic (exact) mass is 323 g/mol. The van der Waals surface area contributed by atoms with Gasteiger partial charge in [-0.15, -0.1) is 0 Å². The van der Waals surface area contributed by atoms with E-state index in [0.717, 1.165) is 6.08 Å². The van der Waals surface area contributed by atoms with Crippen molar-refractivity contribution >= 4 is 19.3 Å². The van der Waals surface area contributed by atoms with Crippen molar-refractivity contribution in [2.45, 2.75) is 6.42 Å². The van der Waals surface area contributed by atoms with Crippen LogP contribution in [0.3, 0.4) is 0 Å². The van der Waals surface area contributed by atoms with E-state index >= 15 is 0 Å². The number of rotatable bonds is 5. The van der Waals surface area contributed by atoms with Crippen LogP contribution in [0, 0.1) is 5.92 Å². The van der Waals surface area contributed by atoms with Gasteiger partial charge in [-0.1, -0.05) is 18.2 Å². The van der Waals surface area contributed by atoms with Gasteiger partial charge in [0.15, 0.2) is 5.78 Å². The number of carbonyl (C=O) groups excluding carboxylic acids is 2. The van der Waals surface area contributed by atoms with E-state index in [0.29, 0.717) is 5.56 Å². The summed E-state index contributed by atoms with van der Waals surface area (Å²) in [5.74, 6) is -1.75. The highest BCUT2D eigenvalue weighted by molar-refractivity contribution is 7.49. The van der Waals surface area contributed by atoms with Gasteiger partial charge < -0.3 is 14.9 Å². The summed E-state index contributed by atoms with van der Waals surface area (Å²) >= 11 is 0. The minimum absolute atomic E-state index is 0.0174. The van der Waals surface area contributed by atoms with Crippen molar-refractivity contribution in [3.05, 3.63) is 53.8 Å². The Kier molecular flexibility index (Phi) is 4.61. The van der Waals surface area contributed by atoms with Crippen LogP contribution in [-0.4, -0.2) is 26.5 Å². The van der Waals surface area contributed by atoms with Crippen LogP contribution in [0.2, 0.25) is 0 Å². The summed E-state index contributed by atoms with van der Waals surface area (Å²) in [7, 11) is -4.62. The fourth-order valence-corrected chi connectivity index (χ4v) is 2.65. The number of allylic oxidation sites excluding steroid dienone is 3. The van der Waals surface area contributed by atoms with Gasteiger partial charge in [-0.25, -0.2) is 4.57 Å². The van der Waals surface area contributed by atoms with Crippen molar-refractivity contribution in [2.24, 2.45) is 5.92 Å². The molecule has 0 bridgehead atoms. The molecule has 0 saturated heterocycles. The number of phenolic OH excluding ortho intramolecular Hbond substituents is 1. The van der Waals surface area contributed by atoms with Crippen LogP contribution in [0.15, 0.2) is 48.2 Å². The fourth-order valence-electron chi connectivity index (χ4n) is 2.11. The minimum Gasteiger partial charge on any atom is -0.508 e. The SMILES string of the molecule is O=C1C=CC(C(=O)Cc2cccc(O)c2)C(NP(=O)(O)O)=C1. The third-order valence-corrected chi connectivity index (χ3v) is 3.55.